The normalized spacial score (nSPS) is 10.8. The van der Waals surface area contributed by atoms with Gasteiger partial charge in [0.2, 0.25) is 0 Å². The van der Waals surface area contributed by atoms with Crippen LogP contribution in [-0.2, 0) is 4.79 Å². The van der Waals surface area contributed by atoms with Gasteiger partial charge in [-0.3, -0.25) is 4.79 Å². The number of halogens is 4. The minimum absolute atomic E-state index is 0.0851. The van der Waals surface area contributed by atoms with Gasteiger partial charge in [0.05, 0.1) is 16.8 Å². The highest BCUT2D eigenvalue weighted by atomic mass is 19.4. The molecule has 0 aliphatic carbocycles. The van der Waals surface area contributed by atoms with Gasteiger partial charge in [-0.1, -0.05) is 12.1 Å². The second-order valence-corrected chi connectivity index (χ2v) is 7.16. The number of amides is 1. The molecule has 2 aromatic carbocycles. The lowest BCUT2D eigenvalue weighted by molar-refractivity contribution is -0.192. The summed E-state index contributed by atoms with van der Waals surface area (Å²) in [6.07, 6.45) is -5.08. The van der Waals surface area contributed by atoms with Gasteiger partial charge < -0.3 is 25.3 Å². The Morgan fingerprint density at radius 3 is 2.03 bits per heavy atom. The van der Waals surface area contributed by atoms with Crippen LogP contribution in [0.25, 0.3) is 0 Å². The molecule has 0 saturated heterocycles. The highest BCUT2D eigenvalue weighted by molar-refractivity contribution is 6.05. The number of alkyl halides is 3. The van der Waals surface area contributed by atoms with Crippen LogP contribution in [0, 0.1) is 5.82 Å². The summed E-state index contributed by atoms with van der Waals surface area (Å²) in [5, 5.41) is 19.3. The maximum absolute atomic E-state index is 13.8. The zero-order valence-electron chi connectivity index (χ0n) is 18.7. The number of nitrogens with zero attached hydrogens (tertiary/aromatic N) is 2. The molecule has 0 radical (unpaired) electrons. The average Bonchev–Trinajstić information content (AvgIpc) is 2.74. The van der Waals surface area contributed by atoms with E-state index in [9.17, 15) is 32.3 Å². The van der Waals surface area contributed by atoms with Crippen molar-refractivity contribution >= 4 is 29.2 Å². The van der Waals surface area contributed by atoms with Crippen molar-refractivity contribution in [2.45, 2.75) is 13.1 Å². The third-order valence-electron chi connectivity index (χ3n) is 4.39. The monoisotopic (exact) mass is 487 g/mol. The van der Waals surface area contributed by atoms with E-state index in [1.165, 1.54) is 24.3 Å². The third kappa shape index (κ3) is 8.70. The molecule has 2 aromatic rings. The number of aromatic carboxylic acids is 1. The number of hydrogen-bond donors (Lipinski definition) is 3. The smallest absolute Gasteiger partial charge is 0.478 e. The molecule has 0 aromatic heterocycles. The number of likely N-dealkylation sites (N-methyl/N-ethyl adjacent to an activating group) is 2. The van der Waals surface area contributed by atoms with Gasteiger partial charge in [0.1, 0.15) is 5.82 Å². The van der Waals surface area contributed by atoms with Crippen LogP contribution < -0.4 is 10.2 Å². The topological polar surface area (TPSA) is 110 Å². The zero-order chi connectivity index (χ0) is 26.1. The van der Waals surface area contributed by atoms with Gasteiger partial charge in [-0.2, -0.15) is 13.2 Å². The SMILES string of the molecule is CCN(CCN(C)C)c1ccc(NC(=O)c2ccccc2F)cc1C(=O)O.O=C(O)C(F)(F)F. The summed E-state index contributed by atoms with van der Waals surface area (Å²) in [6.45, 7) is 4.05. The molecule has 0 unspecified atom stereocenters. The first-order valence-corrected chi connectivity index (χ1v) is 9.90. The van der Waals surface area contributed by atoms with E-state index in [0.29, 0.717) is 24.5 Å². The summed E-state index contributed by atoms with van der Waals surface area (Å²) in [4.78, 5) is 36.9. The van der Waals surface area contributed by atoms with Crippen molar-refractivity contribution in [3.05, 3.63) is 59.4 Å². The quantitative estimate of drug-likeness (QED) is 0.486. The lowest BCUT2D eigenvalue weighted by Gasteiger charge is -2.26. The molecule has 0 spiro atoms. The summed E-state index contributed by atoms with van der Waals surface area (Å²) in [6, 6.07) is 10.3. The summed E-state index contributed by atoms with van der Waals surface area (Å²) in [5.41, 5.74) is 0.866. The Morgan fingerprint density at radius 1 is 0.971 bits per heavy atom. The second-order valence-electron chi connectivity index (χ2n) is 7.16. The van der Waals surface area contributed by atoms with Crippen LogP contribution in [-0.4, -0.2) is 72.9 Å². The number of nitrogens with one attached hydrogen (secondary N) is 1. The second kappa shape index (κ2) is 12.5. The maximum Gasteiger partial charge on any atom is 0.490 e. The molecule has 3 N–H and O–H groups in total. The van der Waals surface area contributed by atoms with Gasteiger partial charge in [0.25, 0.3) is 5.91 Å². The fourth-order valence-corrected chi connectivity index (χ4v) is 2.67. The number of rotatable bonds is 8. The Bertz CT molecular complexity index is 1010. The summed E-state index contributed by atoms with van der Waals surface area (Å²) in [7, 11) is 3.90. The van der Waals surface area contributed by atoms with E-state index < -0.39 is 29.8 Å². The fraction of sp³-hybridized carbons (Fsp3) is 0.318. The number of carboxylic acid groups (broad SMARTS) is 2. The van der Waals surface area contributed by atoms with Crippen molar-refractivity contribution in [1.82, 2.24) is 4.90 Å². The summed E-state index contributed by atoms with van der Waals surface area (Å²) in [5.74, 6) is -5.11. The number of carbonyl (C=O) groups is 3. The molecule has 0 atom stereocenters. The maximum atomic E-state index is 13.8. The zero-order valence-corrected chi connectivity index (χ0v) is 18.7. The minimum Gasteiger partial charge on any atom is -0.478 e. The van der Waals surface area contributed by atoms with E-state index in [4.69, 9.17) is 9.90 Å². The Morgan fingerprint density at radius 2 is 1.56 bits per heavy atom. The largest absolute Gasteiger partial charge is 0.490 e. The first-order valence-electron chi connectivity index (χ1n) is 9.90. The first-order chi connectivity index (χ1) is 15.8. The Balaban J connectivity index is 0.000000718. The lowest BCUT2D eigenvalue weighted by Crippen LogP contribution is -2.32. The molecular formula is C22H25F4N3O5. The third-order valence-corrected chi connectivity index (χ3v) is 4.39. The van der Waals surface area contributed by atoms with Gasteiger partial charge in [-0.15, -0.1) is 0 Å². The minimum atomic E-state index is -5.08. The predicted molar refractivity (Wildman–Crippen MR) is 118 cm³/mol. The van der Waals surface area contributed by atoms with Gasteiger partial charge in [-0.05, 0) is 51.4 Å². The number of carbonyl (C=O) groups excluding carboxylic acids is 1. The van der Waals surface area contributed by atoms with E-state index in [0.717, 1.165) is 6.54 Å². The molecule has 0 heterocycles. The predicted octanol–water partition coefficient (Wildman–Crippen LogP) is 3.80. The Hall–Kier alpha value is -3.67. The molecule has 34 heavy (non-hydrogen) atoms. The van der Waals surface area contributed by atoms with E-state index in [1.54, 1.807) is 18.2 Å². The van der Waals surface area contributed by atoms with Crippen molar-refractivity contribution in [3.8, 4) is 0 Å². The molecule has 186 valence electrons. The van der Waals surface area contributed by atoms with E-state index >= 15 is 0 Å². The summed E-state index contributed by atoms with van der Waals surface area (Å²) >= 11 is 0. The molecule has 0 fully saturated rings. The number of carboxylic acids is 2. The van der Waals surface area contributed by atoms with Crippen molar-refractivity contribution < 1.29 is 42.2 Å². The molecule has 0 aliphatic rings. The van der Waals surface area contributed by atoms with Gasteiger partial charge in [-0.25, -0.2) is 14.0 Å². The molecular weight excluding hydrogens is 462 g/mol. The molecule has 12 heteroatoms. The van der Waals surface area contributed by atoms with Crippen molar-refractivity contribution in [2.75, 3.05) is 43.9 Å². The van der Waals surface area contributed by atoms with Gasteiger partial charge >= 0.3 is 18.1 Å². The van der Waals surface area contributed by atoms with Crippen LogP contribution in [0.15, 0.2) is 42.5 Å². The first kappa shape index (κ1) is 28.4. The molecule has 8 nitrogen and oxygen atoms in total. The van der Waals surface area contributed by atoms with Crippen LogP contribution >= 0.6 is 0 Å². The Kier molecular flexibility index (Phi) is 10.5. The number of benzene rings is 2. The lowest BCUT2D eigenvalue weighted by atomic mass is 10.1. The molecule has 0 saturated carbocycles. The van der Waals surface area contributed by atoms with E-state index in [2.05, 4.69) is 5.32 Å². The van der Waals surface area contributed by atoms with E-state index in [-0.39, 0.29) is 11.1 Å². The average molecular weight is 487 g/mol. The highest BCUT2D eigenvalue weighted by Gasteiger charge is 2.38. The van der Waals surface area contributed by atoms with Crippen LogP contribution in [0.4, 0.5) is 28.9 Å². The number of hydrogen-bond acceptors (Lipinski definition) is 5. The van der Waals surface area contributed by atoms with Crippen molar-refractivity contribution in [1.29, 1.82) is 0 Å². The van der Waals surface area contributed by atoms with Gasteiger partial charge in [0, 0.05) is 25.3 Å². The Labute approximate surface area is 193 Å². The fourth-order valence-electron chi connectivity index (χ4n) is 2.67. The van der Waals surface area contributed by atoms with Gasteiger partial charge in [0.15, 0.2) is 0 Å². The summed E-state index contributed by atoms with van der Waals surface area (Å²) < 4.78 is 45.5. The molecule has 1 amide bonds. The van der Waals surface area contributed by atoms with Crippen LogP contribution in [0.1, 0.15) is 27.6 Å². The van der Waals surface area contributed by atoms with Crippen LogP contribution in [0.2, 0.25) is 0 Å². The van der Waals surface area contributed by atoms with E-state index in [1.807, 2.05) is 30.8 Å². The standard InChI is InChI=1S/C20H24FN3O3.C2HF3O2/c1-4-24(12-11-23(2)3)18-10-9-14(13-16(18)20(26)27)22-19(25)15-7-5-6-8-17(15)21;3-2(4,5)1(6)7/h5-10,13H,4,11-12H2,1-3H3,(H,22,25)(H,26,27);(H,6,7). The number of aliphatic carboxylic acids is 1. The highest BCUT2D eigenvalue weighted by Crippen LogP contribution is 2.25. The number of anilines is 2. The van der Waals surface area contributed by atoms with Crippen molar-refractivity contribution in [2.24, 2.45) is 0 Å². The van der Waals surface area contributed by atoms with Crippen LogP contribution in [0.5, 0.6) is 0 Å². The molecule has 0 bridgehead atoms. The van der Waals surface area contributed by atoms with Crippen molar-refractivity contribution in [3.63, 3.8) is 0 Å². The molecule has 0 aliphatic heterocycles. The molecule has 2 rings (SSSR count). The van der Waals surface area contributed by atoms with Crippen LogP contribution in [0.3, 0.4) is 0 Å².